The highest BCUT2D eigenvalue weighted by Gasteiger charge is 2.25. The molecule has 9 heteroatoms. The number of ether oxygens (including phenoxy) is 4. The van der Waals surface area contributed by atoms with Crippen LogP contribution in [0, 0.1) is 0 Å². The fourth-order valence-corrected chi connectivity index (χ4v) is 11.2. The number of likely N-dealkylation sites (N-methyl/N-ethyl adjacent to an activating group) is 1. The molecule has 518 valence electrons. The second kappa shape index (κ2) is 70.6. The highest BCUT2D eigenvalue weighted by atomic mass is 16.7. The molecule has 0 aliphatic carbocycles. The molecule has 0 saturated carbocycles. The Kier molecular flexibility index (Phi) is 68.0. The van der Waals surface area contributed by atoms with E-state index in [1.807, 2.05) is 21.1 Å². The minimum Gasteiger partial charge on any atom is -0.477 e. The molecular weight excluding hydrogens is 1100 g/mol. The first-order valence-electron chi connectivity index (χ1n) is 38.1. The van der Waals surface area contributed by atoms with E-state index in [0.29, 0.717) is 17.4 Å². The highest BCUT2D eigenvalue weighted by molar-refractivity contribution is 5.71. The summed E-state index contributed by atoms with van der Waals surface area (Å²) >= 11 is 0. The number of hydrogen-bond donors (Lipinski definition) is 1. The normalized spacial score (nSPS) is 13.0. The second-order valence-corrected chi connectivity index (χ2v) is 26.9. The van der Waals surface area contributed by atoms with E-state index in [-0.39, 0.29) is 38.2 Å². The van der Waals surface area contributed by atoms with E-state index in [0.717, 1.165) is 70.6 Å². The molecule has 0 rings (SSSR count). The van der Waals surface area contributed by atoms with Crippen LogP contribution in [0.25, 0.3) is 0 Å². The lowest BCUT2D eigenvalue weighted by atomic mass is 10.0. The summed E-state index contributed by atoms with van der Waals surface area (Å²) in [6, 6.07) is 0. The van der Waals surface area contributed by atoms with Gasteiger partial charge in [-0.2, -0.15) is 0 Å². The number of aliphatic carboxylic acids is 1. The van der Waals surface area contributed by atoms with E-state index in [1.165, 1.54) is 263 Å². The van der Waals surface area contributed by atoms with Crippen molar-refractivity contribution in [1.29, 1.82) is 0 Å². The Labute approximate surface area is 551 Å². The fourth-order valence-electron chi connectivity index (χ4n) is 11.2. The Morgan fingerprint density at radius 1 is 0.348 bits per heavy atom. The molecule has 0 heterocycles. The summed E-state index contributed by atoms with van der Waals surface area (Å²) in [4.78, 5) is 37.7. The van der Waals surface area contributed by atoms with Crippen LogP contribution >= 0.6 is 0 Å². The summed E-state index contributed by atoms with van der Waals surface area (Å²) in [6.07, 6.45) is 91.8. The molecule has 0 fully saturated rings. The Morgan fingerprint density at radius 3 is 0.955 bits per heavy atom. The van der Waals surface area contributed by atoms with Crippen molar-refractivity contribution in [3.8, 4) is 0 Å². The molecule has 0 aromatic rings. The average molecular weight is 1250 g/mol. The number of hydrogen-bond acceptors (Lipinski definition) is 7. The molecule has 0 aromatic carbocycles. The van der Waals surface area contributed by atoms with E-state index >= 15 is 0 Å². The number of unbranched alkanes of at least 4 members (excludes halogenated alkanes) is 44. The fraction of sp³-hybridized carbons (Fsp3) is 0.812. The van der Waals surface area contributed by atoms with Crippen molar-refractivity contribution in [1.82, 2.24) is 0 Å². The Balaban J connectivity index is 4.02. The third kappa shape index (κ3) is 72.0. The molecule has 89 heavy (non-hydrogen) atoms. The minimum absolute atomic E-state index is 0.178. The molecule has 0 radical (unpaired) electrons. The average Bonchev–Trinajstić information content (AvgIpc) is 3.64. The van der Waals surface area contributed by atoms with Gasteiger partial charge in [-0.15, -0.1) is 0 Å². The summed E-state index contributed by atoms with van der Waals surface area (Å²) in [5.41, 5.74) is 0. The second-order valence-electron chi connectivity index (χ2n) is 26.9. The maximum absolute atomic E-state index is 13.0. The standard InChI is InChI=1S/C80H145NO8/c1-6-8-10-12-14-16-18-20-22-24-26-28-30-32-34-36-38-39-41-43-45-47-49-51-53-55-57-59-61-63-65-67-69-71-78(83)89-76(75-88-80(79(84)85)86-73-72-81(3,4)5)74-87-77(82)70-68-66-64-62-60-58-56-54-52-50-48-46-44-42-40-37-35-33-31-29-27-25-23-21-19-17-15-13-11-9-7-2/h8,10,14,16,19-22,25-28,76,80H,6-7,9,11-13,15,17-18,23-24,29-75H2,1-5H3/p+1/b10-8-,16-14-,21-19-,22-20-,27-25-,28-26-. The molecule has 1 N–H and O–H groups in total. The molecular formula is C80H146NO8+. The third-order valence-corrected chi connectivity index (χ3v) is 16.9. The van der Waals surface area contributed by atoms with E-state index in [2.05, 4.69) is 86.8 Å². The van der Waals surface area contributed by atoms with Crippen LogP contribution in [0.4, 0.5) is 0 Å². The van der Waals surface area contributed by atoms with Gasteiger partial charge in [0.15, 0.2) is 6.10 Å². The predicted molar refractivity (Wildman–Crippen MR) is 383 cm³/mol. The maximum atomic E-state index is 13.0. The number of nitrogens with zero attached hydrogens (tertiary/aromatic N) is 1. The van der Waals surface area contributed by atoms with Crippen LogP contribution in [0.5, 0.6) is 0 Å². The van der Waals surface area contributed by atoms with Gasteiger partial charge in [0.2, 0.25) is 0 Å². The Bertz CT molecular complexity index is 1690. The molecule has 0 bridgehead atoms. The lowest BCUT2D eigenvalue weighted by molar-refractivity contribution is -0.870. The number of allylic oxidation sites excluding steroid dienone is 12. The lowest BCUT2D eigenvalue weighted by Crippen LogP contribution is -2.40. The Morgan fingerprint density at radius 2 is 0.640 bits per heavy atom. The molecule has 0 aromatic heterocycles. The van der Waals surface area contributed by atoms with Crippen molar-refractivity contribution in [2.24, 2.45) is 0 Å². The summed E-state index contributed by atoms with van der Waals surface area (Å²) < 4.78 is 23.0. The SMILES string of the molecule is CC/C=C\C/C=C\C/C=C\C/C=C\CCCCCCCCCCCCCCCCCCCCCCC(=O)OC(COC(=O)CCCCCCCCCCCCCCCCCCCCC/C=C\C/C=C\CCCCCCC)COC(OCC[N+](C)(C)C)C(=O)O. The lowest BCUT2D eigenvalue weighted by Gasteiger charge is -2.25. The minimum atomic E-state index is -1.51. The van der Waals surface area contributed by atoms with Gasteiger partial charge in [0, 0.05) is 12.8 Å². The van der Waals surface area contributed by atoms with Gasteiger partial charge in [-0.25, -0.2) is 4.79 Å². The monoisotopic (exact) mass is 1250 g/mol. The number of carbonyl (C=O) groups is 3. The van der Waals surface area contributed by atoms with Crippen LogP contribution in [-0.4, -0.2) is 87.4 Å². The highest BCUT2D eigenvalue weighted by Crippen LogP contribution is 2.19. The van der Waals surface area contributed by atoms with Crippen LogP contribution in [0.15, 0.2) is 72.9 Å². The van der Waals surface area contributed by atoms with Gasteiger partial charge in [-0.1, -0.05) is 337 Å². The van der Waals surface area contributed by atoms with Gasteiger partial charge >= 0.3 is 17.9 Å². The van der Waals surface area contributed by atoms with Gasteiger partial charge in [0.05, 0.1) is 34.4 Å². The molecule has 0 aliphatic rings. The zero-order valence-corrected chi connectivity index (χ0v) is 59.3. The molecule has 0 amide bonds. The third-order valence-electron chi connectivity index (χ3n) is 16.9. The molecule has 2 unspecified atom stereocenters. The van der Waals surface area contributed by atoms with Gasteiger partial charge in [-0.05, 0) is 83.5 Å². The van der Waals surface area contributed by atoms with Crippen molar-refractivity contribution in [2.45, 2.75) is 373 Å². The summed E-state index contributed by atoms with van der Waals surface area (Å²) in [7, 11) is 5.99. The summed E-state index contributed by atoms with van der Waals surface area (Å²) in [5, 5.41) is 9.77. The topological polar surface area (TPSA) is 108 Å². The van der Waals surface area contributed by atoms with E-state index in [1.54, 1.807) is 0 Å². The molecule has 0 saturated heterocycles. The Hall–Kier alpha value is -3.27. The smallest absolute Gasteiger partial charge is 0.361 e. The molecule has 2 atom stereocenters. The van der Waals surface area contributed by atoms with Crippen molar-refractivity contribution in [3.63, 3.8) is 0 Å². The number of carboxylic acid groups (broad SMARTS) is 1. The number of carbonyl (C=O) groups excluding carboxylic acids is 2. The number of rotatable bonds is 71. The first-order chi connectivity index (χ1) is 43.6. The van der Waals surface area contributed by atoms with Crippen molar-refractivity contribution >= 4 is 17.9 Å². The summed E-state index contributed by atoms with van der Waals surface area (Å²) in [6.45, 7) is 4.81. The first-order valence-corrected chi connectivity index (χ1v) is 38.1. The quantitative estimate of drug-likeness (QED) is 0.0211. The van der Waals surface area contributed by atoms with E-state index in [4.69, 9.17) is 18.9 Å². The number of quaternary nitrogens is 1. The zero-order valence-electron chi connectivity index (χ0n) is 59.3. The van der Waals surface area contributed by atoms with Gasteiger partial charge in [-0.3, -0.25) is 9.59 Å². The predicted octanol–water partition coefficient (Wildman–Crippen LogP) is 24.0. The van der Waals surface area contributed by atoms with Gasteiger partial charge in [0.25, 0.3) is 6.29 Å². The van der Waals surface area contributed by atoms with Crippen molar-refractivity contribution in [2.75, 3.05) is 47.5 Å². The molecule has 0 aliphatic heterocycles. The van der Waals surface area contributed by atoms with E-state index in [9.17, 15) is 19.5 Å². The van der Waals surface area contributed by atoms with Crippen molar-refractivity contribution < 1.29 is 42.9 Å². The van der Waals surface area contributed by atoms with Gasteiger partial charge in [0.1, 0.15) is 13.2 Å². The number of carboxylic acids is 1. The van der Waals surface area contributed by atoms with Crippen molar-refractivity contribution in [3.05, 3.63) is 72.9 Å². The maximum Gasteiger partial charge on any atom is 0.361 e. The molecule has 9 nitrogen and oxygen atoms in total. The first kappa shape index (κ1) is 85.7. The summed E-state index contributed by atoms with van der Waals surface area (Å²) in [5.74, 6) is -1.98. The van der Waals surface area contributed by atoms with Crippen LogP contribution in [-0.2, 0) is 33.3 Å². The van der Waals surface area contributed by atoms with Crippen LogP contribution in [0.2, 0.25) is 0 Å². The van der Waals surface area contributed by atoms with Crippen LogP contribution in [0.1, 0.15) is 361 Å². The van der Waals surface area contributed by atoms with Gasteiger partial charge < -0.3 is 28.5 Å². The number of esters is 2. The largest absolute Gasteiger partial charge is 0.477 e. The molecule has 0 spiro atoms. The van der Waals surface area contributed by atoms with Crippen LogP contribution < -0.4 is 0 Å². The van der Waals surface area contributed by atoms with Crippen LogP contribution in [0.3, 0.4) is 0 Å². The zero-order chi connectivity index (χ0) is 64.7. The van der Waals surface area contributed by atoms with E-state index < -0.39 is 18.4 Å².